The quantitative estimate of drug-likeness (QED) is 0.709. The van der Waals surface area contributed by atoms with Crippen LogP contribution in [0.3, 0.4) is 0 Å². The van der Waals surface area contributed by atoms with Crippen molar-refractivity contribution in [3.63, 3.8) is 0 Å². The molecule has 4 rings (SSSR count). The Balaban J connectivity index is 1.91. The first kappa shape index (κ1) is 13.8. The Labute approximate surface area is 133 Å². The summed E-state index contributed by atoms with van der Waals surface area (Å²) in [5.41, 5.74) is 3.62. The maximum Gasteiger partial charge on any atom is 0.196 e. The third-order valence-corrected chi connectivity index (χ3v) is 4.27. The van der Waals surface area contributed by atoms with Gasteiger partial charge < -0.3 is 9.15 Å². The molecular formula is C20H16O3. The highest BCUT2D eigenvalue weighted by atomic mass is 16.5. The number of hydrogen-bond acceptors (Lipinski definition) is 3. The Morgan fingerprint density at radius 2 is 1.91 bits per heavy atom. The van der Waals surface area contributed by atoms with E-state index in [4.69, 9.17) is 9.15 Å². The van der Waals surface area contributed by atoms with Gasteiger partial charge in [-0.15, -0.1) is 0 Å². The van der Waals surface area contributed by atoms with Gasteiger partial charge in [-0.3, -0.25) is 4.79 Å². The van der Waals surface area contributed by atoms with E-state index in [1.165, 1.54) is 0 Å². The van der Waals surface area contributed by atoms with Crippen LogP contribution in [0, 0.1) is 0 Å². The Morgan fingerprint density at radius 3 is 2.70 bits per heavy atom. The number of ether oxygens (including phenoxy) is 1. The van der Waals surface area contributed by atoms with Crippen molar-refractivity contribution < 1.29 is 9.15 Å². The van der Waals surface area contributed by atoms with E-state index in [-0.39, 0.29) is 5.43 Å². The van der Waals surface area contributed by atoms with E-state index in [1.54, 1.807) is 25.3 Å². The zero-order valence-electron chi connectivity index (χ0n) is 12.8. The summed E-state index contributed by atoms with van der Waals surface area (Å²) in [6.07, 6.45) is 3.66. The lowest BCUT2D eigenvalue weighted by Crippen LogP contribution is -2.08. The van der Waals surface area contributed by atoms with Gasteiger partial charge >= 0.3 is 0 Å². The molecule has 1 aliphatic carbocycles. The van der Waals surface area contributed by atoms with Gasteiger partial charge in [0.2, 0.25) is 0 Å². The molecule has 23 heavy (non-hydrogen) atoms. The van der Waals surface area contributed by atoms with Crippen molar-refractivity contribution in [3.05, 3.63) is 75.6 Å². The van der Waals surface area contributed by atoms with Crippen molar-refractivity contribution in [2.75, 3.05) is 7.11 Å². The summed E-state index contributed by atoms with van der Waals surface area (Å²) in [5.74, 6) is 1.41. The molecule has 0 saturated carbocycles. The molecule has 0 bridgehead atoms. The molecule has 0 saturated heterocycles. The van der Waals surface area contributed by atoms with Crippen molar-refractivity contribution >= 4 is 22.6 Å². The topological polar surface area (TPSA) is 39.4 Å². The summed E-state index contributed by atoms with van der Waals surface area (Å²) in [6, 6.07) is 15.4. The number of fused-ring (bicyclic) bond motifs is 2. The summed E-state index contributed by atoms with van der Waals surface area (Å²) in [5, 5.41) is 0.616. The standard InChI is InChI=1S/C20H16O3/c1-22-15-8-10-16-18(12-15)23-20-14(7-9-17(20)19(16)21)11-13-5-3-2-4-6-13/h2-6,8,10-12H,7,9H2,1H3. The molecule has 0 N–H and O–H groups in total. The number of allylic oxidation sites excluding steroid dienone is 1. The molecule has 0 fully saturated rings. The van der Waals surface area contributed by atoms with Crippen molar-refractivity contribution in [2.45, 2.75) is 12.8 Å². The Kier molecular flexibility index (Phi) is 3.27. The van der Waals surface area contributed by atoms with Gasteiger partial charge in [0.15, 0.2) is 5.43 Å². The highest BCUT2D eigenvalue weighted by molar-refractivity contribution is 5.87. The van der Waals surface area contributed by atoms with Crippen LogP contribution in [-0.2, 0) is 6.42 Å². The Bertz CT molecular complexity index is 965. The molecule has 1 aliphatic rings. The van der Waals surface area contributed by atoms with Gasteiger partial charge in [0, 0.05) is 11.6 Å². The van der Waals surface area contributed by atoms with E-state index in [2.05, 4.69) is 6.08 Å². The smallest absolute Gasteiger partial charge is 0.196 e. The second kappa shape index (κ2) is 5.43. The van der Waals surface area contributed by atoms with Crippen molar-refractivity contribution in [3.8, 4) is 5.75 Å². The van der Waals surface area contributed by atoms with Crippen LogP contribution in [0.15, 0.2) is 57.7 Å². The van der Waals surface area contributed by atoms with Gasteiger partial charge in [-0.2, -0.15) is 0 Å². The van der Waals surface area contributed by atoms with E-state index >= 15 is 0 Å². The second-order valence-electron chi connectivity index (χ2n) is 5.68. The molecule has 0 amide bonds. The molecule has 0 aliphatic heterocycles. The SMILES string of the molecule is COc1ccc2c(=O)c3c(oc2c1)C(=Cc1ccccc1)CC3. The van der Waals surface area contributed by atoms with E-state index in [0.29, 0.717) is 16.7 Å². The fourth-order valence-corrected chi connectivity index (χ4v) is 3.09. The maximum atomic E-state index is 12.7. The van der Waals surface area contributed by atoms with Gasteiger partial charge in [-0.25, -0.2) is 0 Å². The molecule has 3 aromatic rings. The van der Waals surface area contributed by atoms with Crippen LogP contribution in [0.2, 0.25) is 0 Å². The summed E-state index contributed by atoms with van der Waals surface area (Å²) in [6.45, 7) is 0. The predicted octanol–water partition coefficient (Wildman–Crippen LogP) is 4.29. The highest BCUT2D eigenvalue weighted by Gasteiger charge is 2.23. The Morgan fingerprint density at radius 1 is 1.09 bits per heavy atom. The molecule has 0 unspecified atom stereocenters. The normalized spacial score (nSPS) is 15.1. The number of methoxy groups -OCH3 is 1. The van der Waals surface area contributed by atoms with Crippen LogP contribution in [0.25, 0.3) is 22.6 Å². The lowest BCUT2D eigenvalue weighted by molar-refractivity contribution is 0.414. The van der Waals surface area contributed by atoms with E-state index in [9.17, 15) is 4.79 Å². The minimum atomic E-state index is 0.0698. The molecule has 3 heteroatoms. The van der Waals surface area contributed by atoms with Crippen LogP contribution in [-0.4, -0.2) is 7.11 Å². The number of rotatable bonds is 2. The molecule has 1 heterocycles. The summed E-state index contributed by atoms with van der Waals surface area (Å²) >= 11 is 0. The average molecular weight is 304 g/mol. The molecule has 2 aromatic carbocycles. The monoisotopic (exact) mass is 304 g/mol. The van der Waals surface area contributed by atoms with E-state index < -0.39 is 0 Å². The second-order valence-corrected chi connectivity index (χ2v) is 5.68. The van der Waals surface area contributed by atoms with E-state index in [1.807, 2.05) is 30.3 Å². The minimum Gasteiger partial charge on any atom is -0.497 e. The fourth-order valence-electron chi connectivity index (χ4n) is 3.09. The molecule has 3 nitrogen and oxygen atoms in total. The largest absolute Gasteiger partial charge is 0.497 e. The molecule has 1 aromatic heterocycles. The van der Waals surface area contributed by atoms with Gasteiger partial charge in [0.25, 0.3) is 0 Å². The van der Waals surface area contributed by atoms with Crippen molar-refractivity contribution in [2.24, 2.45) is 0 Å². The molecular weight excluding hydrogens is 288 g/mol. The van der Waals surface area contributed by atoms with Crippen LogP contribution in [0.4, 0.5) is 0 Å². The van der Waals surface area contributed by atoms with Crippen molar-refractivity contribution in [1.29, 1.82) is 0 Å². The minimum absolute atomic E-state index is 0.0698. The average Bonchev–Trinajstić information content (AvgIpc) is 2.98. The van der Waals surface area contributed by atoms with Crippen LogP contribution in [0.5, 0.6) is 5.75 Å². The predicted molar refractivity (Wildman–Crippen MR) is 91.7 cm³/mol. The first-order valence-corrected chi connectivity index (χ1v) is 7.66. The third-order valence-electron chi connectivity index (χ3n) is 4.27. The zero-order chi connectivity index (χ0) is 15.8. The first-order chi connectivity index (χ1) is 11.3. The van der Waals surface area contributed by atoms with E-state index in [0.717, 1.165) is 35.3 Å². The fraction of sp³-hybridized carbons (Fsp3) is 0.150. The zero-order valence-corrected chi connectivity index (χ0v) is 12.8. The van der Waals surface area contributed by atoms with Gasteiger partial charge in [0.05, 0.1) is 12.5 Å². The lowest BCUT2D eigenvalue weighted by Gasteiger charge is -2.05. The summed E-state index contributed by atoms with van der Waals surface area (Å²) in [4.78, 5) is 12.7. The van der Waals surface area contributed by atoms with Crippen molar-refractivity contribution in [1.82, 2.24) is 0 Å². The summed E-state index contributed by atoms with van der Waals surface area (Å²) < 4.78 is 11.3. The van der Waals surface area contributed by atoms with Crippen LogP contribution >= 0.6 is 0 Å². The molecule has 0 atom stereocenters. The van der Waals surface area contributed by atoms with Crippen LogP contribution < -0.4 is 10.2 Å². The summed E-state index contributed by atoms with van der Waals surface area (Å²) in [7, 11) is 1.60. The number of benzene rings is 2. The Hall–Kier alpha value is -2.81. The van der Waals surface area contributed by atoms with Gasteiger partial charge in [-0.05, 0) is 42.2 Å². The third kappa shape index (κ3) is 2.34. The lowest BCUT2D eigenvalue weighted by atomic mass is 10.1. The molecule has 0 spiro atoms. The van der Waals surface area contributed by atoms with Gasteiger partial charge in [0.1, 0.15) is 17.1 Å². The maximum absolute atomic E-state index is 12.7. The highest BCUT2D eigenvalue weighted by Crippen LogP contribution is 2.34. The molecule has 0 radical (unpaired) electrons. The van der Waals surface area contributed by atoms with Crippen LogP contribution in [0.1, 0.15) is 23.3 Å². The molecule has 114 valence electrons. The first-order valence-electron chi connectivity index (χ1n) is 7.66. The number of hydrogen-bond donors (Lipinski definition) is 0. The van der Waals surface area contributed by atoms with Gasteiger partial charge in [-0.1, -0.05) is 30.3 Å².